The van der Waals surface area contributed by atoms with Gasteiger partial charge in [-0.05, 0) is 25.2 Å². The predicted molar refractivity (Wildman–Crippen MR) is 78.8 cm³/mol. The average Bonchev–Trinajstić information content (AvgIpc) is 3.12. The first-order chi connectivity index (χ1) is 9.86. The standard InChI is InChI=1S/C14H24N2O4S/c1-15(2)13(17)16-9-14(10-16)12(5-6-21(14,18)19)8-20-7-11-3-4-11/h11-12H,3-10H2,1-2H3/t12-/m1/s1. The summed E-state index contributed by atoms with van der Waals surface area (Å²) in [6.07, 6.45) is 3.13. The molecule has 21 heavy (non-hydrogen) atoms. The van der Waals surface area contributed by atoms with Crippen LogP contribution in [0.3, 0.4) is 0 Å². The van der Waals surface area contributed by atoms with Gasteiger partial charge in [-0.2, -0.15) is 0 Å². The van der Waals surface area contributed by atoms with Crippen LogP contribution in [-0.2, 0) is 14.6 Å². The fraction of sp³-hybridized carbons (Fsp3) is 0.929. The second-order valence-electron chi connectivity index (χ2n) is 6.88. The zero-order valence-electron chi connectivity index (χ0n) is 12.7. The Hall–Kier alpha value is -0.820. The number of rotatable bonds is 4. The largest absolute Gasteiger partial charge is 0.381 e. The van der Waals surface area contributed by atoms with Crippen molar-refractivity contribution in [2.75, 3.05) is 46.2 Å². The highest BCUT2D eigenvalue weighted by atomic mass is 32.2. The summed E-state index contributed by atoms with van der Waals surface area (Å²) in [4.78, 5) is 15.0. The Morgan fingerprint density at radius 1 is 1.24 bits per heavy atom. The summed E-state index contributed by atoms with van der Waals surface area (Å²) in [5.41, 5.74) is 0. The van der Waals surface area contributed by atoms with Gasteiger partial charge < -0.3 is 14.5 Å². The molecular formula is C14H24N2O4S. The molecule has 3 rings (SSSR count). The van der Waals surface area contributed by atoms with Crippen molar-refractivity contribution in [1.29, 1.82) is 0 Å². The van der Waals surface area contributed by atoms with Crippen molar-refractivity contribution >= 4 is 15.9 Å². The van der Waals surface area contributed by atoms with Gasteiger partial charge in [0.25, 0.3) is 0 Å². The Labute approximate surface area is 126 Å². The number of nitrogens with zero attached hydrogens (tertiary/aromatic N) is 2. The third-order valence-corrected chi connectivity index (χ3v) is 7.64. The molecule has 3 fully saturated rings. The Morgan fingerprint density at radius 3 is 2.48 bits per heavy atom. The topological polar surface area (TPSA) is 66.9 Å². The second-order valence-corrected chi connectivity index (χ2v) is 9.33. The van der Waals surface area contributed by atoms with Crippen molar-refractivity contribution in [2.24, 2.45) is 11.8 Å². The van der Waals surface area contributed by atoms with E-state index in [2.05, 4.69) is 0 Å². The van der Waals surface area contributed by atoms with Crippen molar-refractivity contribution in [3.63, 3.8) is 0 Å². The lowest BCUT2D eigenvalue weighted by Gasteiger charge is -2.50. The maximum absolute atomic E-state index is 12.4. The Morgan fingerprint density at radius 2 is 1.90 bits per heavy atom. The normalized spacial score (nSPS) is 29.4. The van der Waals surface area contributed by atoms with Crippen LogP contribution < -0.4 is 0 Å². The van der Waals surface area contributed by atoms with Crippen LogP contribution in [0.2, 0.25) is 0 Å². The minimum Gasteiger partial charge on any atom is -0.381 e. The van der Waals surface area contributed by atoms with E-state index in [4.69, 9.17) is 4.74 Å². The van der Waals surface area contributed by atoms with Gasteiger partial charge in [-0.25, -0.2) is 13.2 Å². The molecule has 2 amide bonds. The summed E-state index contributed by atoms with van der Waals surface area (Å²) in [5.74, 6) is 0.952. The first-order valence-corrected chi connectivity index (χ1v) is 9.27. The number of carbonyl (C=O) groups is 1. The molecule has 3 aliphatic rings. The van der Waals surface area contributed by atoms with E-state index in [1.807, 2.05) is 0 Å². The lowest BCUT2D eigenvalue weighted by atomic mass is 9.84. The number of hydrogen-bond donors (Lipinski definition) is 0. The molecule has 0 radical (unpaired) electrons. The number of ether oxygens (including phenoxy) is 1. The van der Waals surface area contributed by atoms with Gasteiger partial charge in [-0.1, -0.05) is 0 Å². The van der Waals surface area contributed by atoms with Crippen molar-refractivity contribution in [3.8, 4) is 0 Å². The molecule has 0 bridgehead atoms. The van der Waals surface area contributed by atoms with E-state index in [0.717, 1.165) is 6.61 Å². The highest BCUT2D eigenvalue weighted by Gasteiger charge is 2.62. The van der Waals surface area contributed by atoms with Crippen LogP contribution in [-0.4, -0.2) is 75.1 Å². The summed E-state index contributed by atoms with van der Waals surface area (Å²) >= 11 is 0. The molecule has 0 N–H and O–H groups in total. The Balaban J connectivity index is 1.63. The molecule has 0 aromatic carbocycles. The fourth-order valence-electron chi connectivity index (χ4n) is 3.39. The van der Waals surface area contributed by atoms with E-state index in [9.17, 15) is 13.2 Å². The molecule has 2 heterocycles. The third kappa shape index (κ3) is 2.54. The van der Waals surface area contributed by atoms with E-state index >= 15 is 0 Å². The number of sulfone groups is 1. The zero-order valence-corrected chi connectivity index (χ0v) is 13.6. The van der Waals surface area contributed by atoms with Gasteiger partial charge in [0.1, 0.15) is 4.75 Å². The highest BCUT2D eigenvalue weighted by molar-refractivity contribution is 7.93. The maximum Gasteiger partial charge on any atom is 0.319 e. The van der Waals surface area contributed by atoms with Crippen LogP contribution in [0.4, 0.5) is 4.79 Å². The van der Waals surface area contributed by atoms with Crippen LogP contribution in [0.15, 0.2) is 0 Å². The number of amides is 2. The van der Waals surface area contributed by atoms with Gasteiger partial charge in [0.2, 0.25) is 0 Å². The van der Waals surface area contributed by atoms with E-state index in [1.54, 1.807) is 19.0 Å². The highest BCUT2D eigenvalue weighted by Crippen LogP contribution is 2.45. The number of carbonyl (C=O) groups excluding carboxylic acids is 1. The van der Waals surface area contributed by atoms with E-state index in [-0.39, 0.29) is 17.7 Å². The lowest BCUT2D eigenvalue weighted by molar-refractivity contribution is 0.0350. The van der Waals surface area contributed by atoms with Crippen molar-refractivity contribution in [1.82, 2.24) is 9.80 Å². The predicted octanol–water partition coefficient (Wildman–Crippen LogP) is 0.584. The third-order valence-electron chi connectivity index (χ3n) is 5.04. The molecule has 6 nitrogen and oxygen atoms in total. The SMILES string of the molecule is CN(C)C(=O)N1CC2(C1)[C@@H](COCC1CC1)CCS2(=O)=O. The molecular weight excluding hydrogens is 292 g/mol. The van der Waals surface area contributed by atoms with Gasteiger partial charge >= 0.3 is 6.03 Å². The van der Waals surface area contributed by atoms with Crippen LogP contribution in [0.25, 0.3) is 0 Å². The van der Waals surface area contributed by atoms with Gasteiger partial charge in [-0.15, -0.1) is 0 Å². The summed E-state index contributed by atoms with van der Waals surface area (Å²) in [7, 11) is 0.256. The number of hydrogen-bond acceptors (Lipinski definition) is 4. The van der Waals surface area contributed by atoms with Crippen LogP contribution in [0.5, 0.6) is 0 Å². The monoisotopic (exact) mass is 316 g/mol. The van der Waals surface area contributed by atoms with E-state index < -0.39 is 14.6 Å². The molecule has 0 aromatic rings. The van der Waals surface area contributed by atoms with Crippen LogP contribution >= 0.6 is 0 Å². The molecule has 1 saturated carbocycles. The maximum atomic E-state index is 12.4. The first-order valence-electron chi connectivity index (χ1n) is 7.62. The Kier molecular flexibility index (Phi) is 3.68. The minimum absolute atomic E-state index is 0.0347. The Bertz CT molecular complexity index is 521. The first kappa shape index (κ1) is 15.1. The van der Waals surface area contributed by atoms with Crippen molar-refractivity contribution in [3.05, 3.63) is 0 Å². The van der Waals surface area contributed by atoms with Gasteiger partial charge in [0.05, 0.1) is 12.4 Å². The molecule has 1 atom stereocenters. The fourth-order valence-corrected chi connectivity index (χ4v) is 5.79. The summed E-state index contributed by atoms with van der Waals surface area (Å²) in [6.45, 7) is 1.92. The van der Waals surface area contributed by atoms with Gasteiger partial charge in [0, 0.05) is 39.7 Å². The molecule has 0 aromatic heterocycles. The molecule has 2 saturated heterocycles. The molecule has 0 unspecified atom stereocenters. The van der Waals surface area contributed by atoms with E-state index in [0.29, 0.717) is 32.0 Å². The quantitative estimate of drug-likeness (QED) is 0.761. The number of likely N-dealkylation sites (tertiary alicyclic amines) is 1. The van der Waals surface area contributed by atoms with Crippen LogP contribution in [0.1, 0.15) is 19.3 Å². The van der Waals surface area contributed by atoms with Crippen molar-refractivity contribution < 1.29 is 17.9 Å². The number of urea groups is 1. The van der Waals surface area contributed by atoms with Crippen molar-refractivity contribution in [2.45, 2.75) is 24.0 Å². The average molecular weight is 316 g/mol. The van der Waals surface area contributed by atoms with E-state index in [1.165, 1.54) is 17.7 Å². The smallest absolute Gasteiger partial charge is 0.319 e. The minimum atomic E-state index is -3.12. The zero-order chi connectivity index (χ0) is 15.3. The second kappa shape index (κ2) is 5.12. The molecule has 1 spiro atoms. The molecule has 7 heteroatoms. The lowest BCUT2D eigenvalue weighted by Crippen LogP contribution is -2.69. The van der Waals surface area contributed by atoms with Crippen LogP contribution in [0, 0.1) is 11.8 Å². The molecule has 2 aliphatic heterocycles. The van der Waals surface area contributed by atoms with Gasteiger partial charge in [-0.3, -0.25) is 0 Å². The summed E-state index contributed by atoms with van der Waals surface area (Å²) in [5, 5.41) is 0. The summed E-state index contributed by atoms with van der Waals surface area (Å²) in [6, 6.07) is -0.111. The molecule has 1 aliphatic carbocycles. The molecule has 120 valence electrons. The van der Waals surface area contributed by atoms with Gasteiger partial charge in [0.15, 0.2) is 9.84 Å². The summed E-state index contributed by atoms with van der Waals surface area (Å²) < 4.78 is 29.8.